The molecule has 1 spiro atoms. The normalized spacial score (nSPS) is 22.0. The Kier molecular flexibility index (Phi) is 6.06. The SMILES string of the molecule is CO/N=C1\CC2(CCN(C(=O)C3CCN(Cc4cccnc4N)CC3)CC2)c2ccccc21. The molecule has 1 amide bonds. The second-order valence-corrected chi connectivity index (χ2v) is 9.65. The Bertz CT molecular complexity index is 1040. The highest BCUT2D eigenvalue weighted by Crippen LogP contribution is 2.46. The minimum atomic E-state index is 0.0811. The van der Waals surface area contributed by atoms with Crippen molar-refractivity contribution in [2.24, 2.45) is 11.1 Å². The molecular weight excluding hydrogens is 414 g/mol. The summed E-state index contributed by atoms with van der Waals surface area (Å²) in [7, 11) is 1.61. The van der Waals surface area contributed by atoms with Gasteiger partial charge in [0.05, 0.1) is 5.71 Å². The van der Waals surface area contributed by atoms with Crippen molar-refractivity contribution in [1.82, 2.24) is 14.8 Å². The van der Waals surface area contributed by atoms with E-state index in [1.54, 1.807) is 13.3 Å². The van der Waals surface area contributed by atoms with Crippen LogP contribution in [-0.4, -0.2) is 59.7 Å². The lowest BCUT2D eigenvalue weighted by Gasteiger charge is -2.42. The smallest absolute Gasteiger partial charge is 0.225 e. The Morgan fingerprint density at radius 2 is 1.91 bits per heavy atom. The summed E-state index contributed by atoms with van der Waals surface area (Å²) in [6, 6.07) is 12.5. The summed E-state index contributed by atoms with van der Waals surface area (Å²) >= 11 is 0. The fraction of sp³-hybridized carbons (Fsp3) is 0.500. The largest absolute Gasteiger partial charge is 0.399 e. The van der Waals surface area contributed by atoms with Gasteiger partial charge in [0, 0.05) is 54.7 Å². The number of anilines is 1. The number of rotatable bonds is 4. The van der Waals surface area contributed by atoms with Crippen molar-refractivity contribution in [1.29, 1.82) is 0 Å². The molecule has 0 atom stereocenters. The van der Waals surface area contributed by atoms with Gasteiger partial charge >= 0.3 is 0 Å². The van der Waals surface area contributed by atoms with Gasteiger partial charge in [0.1, 0.15) is 12.9 Å². The number of carbonyl (C=O) groups is 1. The number of oxime groups is 1. The zero-order valence-electron chi connectivity index (χ0n) is 19.4. The molecular formula is C26H33N5O2. The van der Waals surface area contributed by atoms with Crippen molar-refractivity contribution in [2.45, 2.75) is 44.1 Å². The molecule has 0 unspecified atom stereocenters. The topological polar surface area (TPSA) is 84.0 Å². The van der Waals surface area contributed by atoms with Crippen molar-refractivity contribution in [3.63, 3.8) is 0 Å². The summed E-state index contributed by atoms with van der Waals surface area (Å²) < 4.78 is 0. The van der Waals surface area contributed by atoms with E-state index in [0.717, 1.165) is 76.1 Å². The molecule has 0 saturated carbocycles. The predicted octanol–water partition coefficient (Wildman–Crippen LogP) is 3.19. The summed E-state index contributed by atoms with van der Waals surface area (Å²) in [5.74, 6) is 1.07. The molecule has 2 aromatic rings. The van der Waals surface area contributed by atoms with Gasteiger partial charge in [-0.3, -0.25) is 9.69 Å². The molecule has 174 valence electrons. The Balaban J connectivity index is 1.18. The van der Waals surface area contributed by atoms with Crippen LogP contribution >= 0.6 is 0 Å². The molecule has 7 nitrogen and oxygen atoms in total. The second-order valence-electron chi connectivity index (χ2n) is 9.65. The van der Waals surface area contributed by atoms with Crippen LogP contribution in [0.15, 0.2) is 47.8 Å². The van der Waals surface area contributed by atoms with Gasteiger partial charge in [0.15, 0.2) is 0 Å². The van der Waals surface area contributed by atoms with Crippen molar-refractivity contribution in [3.8, 4) is 0 Å². The molecule has 1 aliphatic carbocycles. The highest BCUT2D eigenvalue weighted by atomic mass is 16.6. The van der Waals surface area contributed by atoms with E-state index in [9.17, 15) is 4.79 Å². The van der Waals surface area contributed by atoms with Gasteiger partial charge in [-0.2, -0.15) is 0 Å². The number of nitrogen functional groups attached to an aromatic ring is 1. The molecule has 7 heteroatoms. The van der Waals surface area contributed by atoms with Gasteiger partial charge in [0.25, 0.3) is 0 Å². The third kappa shape index (κ3) is 4.22. The van der Waals surface area contributed by atoms with E-state index < -0.39 is 0 Å². The van der Waals surface area contributed by atoms with Crippen molar-refractivity contribution in [3.05, 3.63) is 59.3 Å². The minimum Gasteiger partial charge on any atom is -0.399 e. The molecule has 5 rings (SSSR count). The predicted molar refractivity (Wildman–Crippen MR) is 129 cm³/mol. The zero-order chi connectivity index (χ0) is 22.8. The van der Waals surface area contributed by atoms with Crippen LogP contribution < -0.4 is 5.73 Å². The molecule has 1 aromatic carbocycles. The van der Waals surface area contributed by atoms with E-state index >= 15 is 0 Å². The maximum absolute atomic E-state index is 13.3. The number of nitrogens with zero attached hydrogens (tertiary/aromatic N) is 4. The van der Waals surface area contributed by atoms with Crippen LogP contribution in [-0.2, 0) is 21.6 Å². The van der Waals surface area contributed by atoms with Crippen molar-refractivity contribution >= 4 is 17.4 Å². The Morgan fingerprint density at radius 3 is 2.64 bits per heavy atom. The summed E-state index contributed by atoms with van der Waals surface area (Å²) in [5, 5.41) is 4.30. The highest BCUT2D eigenvalue weighted by Gasteiger charge is 2.45. The van der Waals surface area contributed by atoms with Gasteiger partial charge in [0.2, 0.25) is 5.91 Å². The number of amides is 1. The number of likely N-dealkylation sites (tertiary alicyclic amines) is 2. The van der Waals surface area contributed by atoms with Gasteiger partial charge in [-0.1, -0.05) is 35.5 Å². The average Bonchev–Trinajstić information content (AvgIpc) is 3.14. The number of hydrogen-bond donors (Lipinski definition) is 1. The molecule has 2 saturated heterocycles. The fourth-order valence-electron chi connectivity index (χ4n) is 5.92. The molecule has 33 heavy (non-hydrogen) atoms. The summed E-state index contributed by atoms with van der Waals surface area (Å²) in [6.45, 7) is 4.29. The number of aromatic nitrogens is 1. The number of nitrogens with two attached hydrogens (primary N) is 1. The number of fused-ring (bicyclic) bond motifs is 2. The number of hydrogen-bond acceptors (Lipinski definition) is 6. The molecule has 0 radical (unpaired) electrons. The summed E-state index contributed by atoms with van der Waals surface area (Å²) in [4.78, 5) is 27.1. The third-order valence-electron chi connectivity index (χ3n) is 7.81. The van der Waals surface area contributed by atoms with Gasteiger partial charge < -0.3 is 15.5 Å². The monoisotopic (exact) mass is 447 g/mol. The van der Waals surface area contributed by atoms with E-state index in [2.05, 4.69) is 44.2 Å². The molecule has 2 N–H and O–H groups in total. The van der Waals surface area contributed by atoms with E-state index in [1.165, 1.54) is 11.1 Å². The number of benzene rings is 1. The standard InChI is InChI=1S/C26H33N5O2/c1-33-29-23-17-26(22-7-3-2-6-21(22)23)10-15-31(16-11-26)25(32)19-8-13-30(14-9-19)18-20-5-4-12-28-24(20)27/h2-7,12,19H,8-11,13-18H2,1H3,(H2,27,28)/b29-23+. The fourth-order valence-corrected chi connectivity index (χ4v) is 5.92. The maximum atomic E-state index is 13.3. The number of pyridine rings is 1. The van der Waals surface area contributed by atoms with Gasteiger partial charge in [-0.05, 0) is 50.4 Å². The lowest BCUT2D eigenvalue weighted by atomic mass is 9.73. The van der Waals surface area contributed by atoms with Crippen LogP contribution in [0.3, 0.4) is 0 Å². The van der Waals surface area contributed by atoms with Crippen LogP contribution in [0.4, 0.5) is 5.82 Å². The molecule has 3 heterocycles. The first-order valence-corrected chi connectivity index (χ1v) is 12.0. The Morgan fingerprint density at radius 1 is 1.15 bits per heavy atom. The maximum Gasteiger partial charge on any atom is 0.225 e. The van der Waals surface area contributed by atoms with E-state index in [-0.39, 0.29) is 11.3 Å². The van der Waals surface area contributed by atoms with Crippen LogP contribution in [0.2, 0.25) is 0 Å². The second kappa shape index (κ2) is 9.14. The van der Waals surface area contributed by atoms with Crippen molar-refractivity contribution in [2.75, 3.05) is 39.0 Å². The number of carbonyl (C=O) groups excluding carboxylic acids is 1. The van der Waals surface area contributed by atoms with Gasteiger partial charge in [-0.25, -0.2) is 4.98 Å². The average molecular weight is 448 g/mol. The van der Waals surface area contributed by atoms with Crippen LogP contribution in [0.1, 0.15) is 48.8 Å². The molecule has 3 aliphatic rings. The van der Waals surface area contributed by atoms with Crippen LogP contribution in [0.5, 0.6) is 0 Å². The Hall–Kier alpha value is -2.93. The van der Waals surface area contributed by atoms with Crippen LogP contribution in [0.25, 0.3) is 0 Å². The van der Waals surface area contributed by atoms with E-state index in [0.29, 0.717) is 11.7 Å². The van der Waals surface area contributed by atoms with E-state index in [4.69, 9.17) is 10.6 Å². The third-order valence-corrected chi connectivity index (χ3v) is 7.81. The van der Waals surface area contributed by atoms with Gasteiger partial charge in [-0.15, -0.1) is 0 Å². The highest BCUT2D eigenvalue weighted by molar-refractivity contribution is 6.05. The Labute approximate surface area is 195 Å². The first kappa shape index (κ1) is 21.9. The quantitative estimate of drug-likeness (QED) is 0.728. The molecule has 2 fully saturated rings. The first-order chi connectivity index (χ1) is 16.1. The first-order valence-electron chi connectivity index (χ1n) is 12.0. The lowest BCUT2D eigenvalue weighted by molar-refractivity contribution is -0.138. The van der Waals surface area contributed by atoms with Crippen molar-refractivity contribution < 1.29 is 9.63 Å². The lowest BCUT2D eigenvalue weighted by Crippen LogP contribution is -2.48. The summed E-state index contributed by atoms with van der Waals surface area (Å²) in [6.07, 6.45) is 6.41. The van der Waals surface area contributed by atoms with Crippen LogP contribution in [0, 0.1) is 5.92 Å². The summed E-state index contributed by atoms with van der Waals surface area (Å²) in [5.41, 5.74) is 10.8. The molecule has 1 aromatic heterocycles. The number of piperidine rings is 2. The molecule has 0 bridgehead atoms. The van der Waals surface area contributed by atoms with E-state index in [1.807, 2.05) is 12.1 Å². The zero-order valence-corrected chi connectivity index (χ0v) is 19.4. The molecule has 2 aliphatic heterocycles. The minimum absolute atomic E-state index is 0.0811.